The van der Waals surface area contributed by atoms with Gasteiger partial charge in [-0.2, -0.15) is 0 Å². The molecule has 0 amide bonds. The van der Waals surface area contributed by atoms with Crippen molar-refractivity contribution in [2.24, 2.45) is 0 Å². The maximum Gasteiger partial charge on any atom is 0.263 e. The smallest absolute Gasteiger partial charge is 0.263 e. The number of nitrogens with zero attached hydrogens (tertiary/aromatic N) is 4. The predicted molar refractivity (Wildman–Crippen MR) is 140 cm³/mol. The molecular formula is C26H22N4O2S2. The molecule has 4 heterocycles. The number of thioether (sulfide) groups is 1. The van der Waals surface area contributed by atoms with Crippen LogP contribution in [0.2, 0.25) is 0 Å². The molecule has 0 N–H and O–H groups in total. The summed E-state index contributed by atoms with van der Waals surface area (Å²) in [5.41, 5.74) is 5.07. The van der Waals surface area contributed by atoms with Gasteiger partial charge in [-0.3, -0.25) is 18.6 Å². The third kappa shape index (κ3) is 4.10. The van der Waals surface area contributed by atoms with Crippen LogP contribution in [0.3, 0.4) is 0 Å². The summed E-state index contributed by atoms with van der Waals surface area (Å²) < 4.78 is 3.18. The zero-order chi connectivity index (χ0) is 23.8. The number of fused-ring (bicyclic) bond motifs is 2. The Balaban J connectivity index is 1.54. The number of allylic oxidation sites excluding steroid dienone is 1. The number of aryl methyl sites for hydroxylation is 2. The summed E-state index contributed by atoms with van der Waals surface area (Å²) in [6.45, 7) is 8.14. The second kappa shape index (κ2) is 9.04. The standard InChI is InChI=1S/C26H22N4O2S2/c1-4-11-29-25(32)23-20(18-8-5-16(2)6-9-18)15-33-24(23)28-26(29)34-14-19-12-22(31)30-13-17(3)7-10-21(30)27-19/h4-10,12-13,15H,1,11,14H2,2-3H3. The van der Waals surface area contributed by atoms with Crippen molar-refractivity contribution in [1.29, 1.82) is 0 Å². The van der Waals surface area contributed by atoms with Crippen molar-refractivity contribution in [1.82, 2.24) is 18.9 Å². The van der Waals surface area contributed by atoms with Crippen LogP contribution in [0.1, 0.15) is 16.8 Å². The number of thiophene rings is 1. The van der Waals surface area contributed by atoms with Gasteiger partial charge < -0.3 is 0 Å². The summed E-state index contributed by atoms with van der Waals surface area (Å²) in [6.07, 6.45) is 3.47. The molecule has 8 heteroatoms. The zero-order valence-electron chi connectivity index (χ0n) is 18.8. The van der Waals surface area contributed by atoms with E-state index in [9.17, 15) is 9.59 Å². The molecule has 5 rings (SSSR count). The van der Waals surface area contributed by atoms with E-state index in [1.165, 1.54) is 34.7 Å². The third-order valence-electron chi connectivity index (χ3n) is 5.54. The molecule has 5 aromatic rings. The van der Waals surface area contributed by atoms with Crippen molar-refractivity contribution >= 4 is 39.0 Å². The van der Waals surface area contributed by atoms with Crippen molar-refractivity contribution in [2.45, 2.75) is 31.3 Å². The second-order valence-electron chi connectivity index (χ2n) is 8.10. The molecule has 0 bridgehead atoms. The van der Waals surface area contributed by atoms with Crippen molar-refractivity contribution in [3.8, 4) is 11.1 Å². The fourth-order valence-electron chi connectivity index (χ4n) is 3.82. The van der Waals surface area contributed by atoms with Gasteiger partial charge in [-0.1, -0.05) is 53.7 Å². The number of hydrogen-bond donors (Lipinski definition) is 0. The molecule has 0 unspecified atom stereocenters. The quantitative estimate of drug-likeness (QED) is 0.187. The summed E-state index contributed by atoms with van der Waals surface area (Å²) in [7, 11) is 0. The molecule has 0 aliphatic carbocycles. The number of rotatable bonds is 6. The van der Waals surface area contributed by atoms with Gasteiger partial charge in [0.2, 0.25) is 0 Å². The topological polar surface area (TPSA) is 69.3 Å². The van der Waals surface area contributed by atoms with E-state index in [-0.39, 0.29) is 11.1 Å². The van der Waals surface area contributed by atoms with Gasteiger partial charge in [-0.25, -0.2) is 9.97 Å². The monoisotopic (exact) mass is 486 g/mol. The van der Waals surface area contributed by atoms with E-state index in [2.05, 4.69) is 11.6 Å². The molecule has 0 radical (unpaired) electrons. The first-order chi connectivity index (χ1) is 16.4. The Hall–Kier alpha value is -3.49. The van der Waals surface area contributed by atoms with Crippen LogP contribution in [0.25, 0.3) is 27.0 Å². The second-order valence-corrected chi connectivity index (χ2v) is 9.90. The van der Waals surface area contributed by atoms with Gasteiger partial charge in [0.1, 0.15) is 10.5 Å². The molecule has 4 aromatic heterocycles. The van der Waals surface area contributed by atoms with Gasteiger partial charge in [-0.05, 0) is 31.0 Å². The van der Waals surface area contributed by atoms with Crippen LogP contribution >= 0.6 is 23.1 Å². The van der Waals surface area contributed by atoms with E-state index in [1.54, 1.807) is 21.2 Å². The number of benzene rings is 1. The van der Waals surface area contributed by atoms with Gasteiger partial charge in [-0.15, -0.1) is 17.9 Å². The Morgan fingerprint density at radius 1 is 1.06 bits per heavy atom. The Morgan fingerprint density at radius 2 is 1.82 bits per heavy atom. The van der Waals surface area contributed by atoms with Gasteiger partial charge >= 0.3 is 0 Å². The summed E-state index contributed by atoms with van der Waals surface area (Å²) >= 11 is 2.86. The first kappa shape index (κ1) is 22.3. The number of pyridine rings is 1. The van der Waals surface area contributed by atoms with Crippen LogP contribution in [0, 0.1) is 13.8 Å². The van der Waals surface area contributed by atoms with E-state index in [0.29, 0.717) is 39.0 Å². The van der Waals surface area contributed by atoms with Crippen molar-refractivity contribution in [3.05, 3.63) is 104 Å². The molecule has 1 aromatic carbocycles. The highest BCUT2D eigenvalue weighted by Crippen LogP contribution is 2.32. The molecule has 0 fully saturated rings. The molecule has 34 heavy (non-hydrogen) atoms. The van der Waals surface area contributed by atoms with Crippen LogP contribution in [-0.2, 0) is 12.3 Å². The van der Waals surface area contributed by atoms with Crippen LogP contribution in [-0.4, -0.2) is 18.9 Å². The predicted octanol–water partition coefficient (Wildman–Crippen LogP) is 5.23. The van der Waals surface area contributed by atoms with E-state index in [0.717, 1.165) is 16.7 Å². The summed E-state index contributed by atoms with van der Waals surface area (Å²) in [4.78, 5) is 36.2. The van der Waals surface area contributed by atoms with Crippen LogP contribution < -0.4 is 11.1 Å². The molecule has 170 valence electrons. The third-order valence-corrected chi connectivity index (χ3v) is 7.42. The fourth-order valence-corrected chi connectivity index (χ4v) is 5.71. The number of hydrogen-bond acceptors (Lipinski definition) is 6. The van der Waals surface area contributed by atoms with Crippen LogP contribution in [0.5, 0.6) is 0 Å². The molecule has 0 saturated heterocycles. The Kier molecular flexibility index (Phi) is 5.93. The largest absolute Gasteiger partial charge is 0.283 e. The average molecular weight is 487 g/mol. The van der Waals surface area contributed by atoms with Crippen molar-refractivity contribution < 1.29 is 0 Å². The number of aromatic nitrogens is 4. The molecule has 0 spiro atoms. The molecule has 0 saturated carbocycles. The summed E-state index contributed by atoms with van der Waals surface area (Å²) in [6, 6.07) is 13.4. The normalized spacial score (nSPS) is 11.4. The average Bonchev–Trinajstić information content (AvgIpc) is 3.25. The van der Waals surface area contributed by atoms with Gasteiger partial charge in [0.25, 0.3) is 11.1 Å². The minimum Gasteiger partial charge on any atom is -0.283 e. The first-order valence-electron chi connectivity index (χ1n) is 10.8. The lowest BCUT2D eigenvalue weighted by Gasteiger charge is -2.11. The fraction of sp³-hybridized carbons (Fsp3) is 0.154. The van der Waals surface area contributed by atoms with Crippen LogP contribution in [0.15, 0.2) is 81.4 Å². The van der Waals surface area contributed by atoms with Crippen molar-refractivity contribution in [2.75, 3.05) is 0 Å². The summed E-state index contributed by atoms with van der Waals surface area (Å²) in [5, 5.41) is 3.20. The first-order valence-corrected chi connectivity index (χ1v) is 12.6. The lowest BCUT2D eigenvalue weighted by Crippen LogP contribution is -2.22. The van der Waals surface area contributed by atoms with E-state index in [4.69, 9.17) is 4.98 Å². The highest BCUT2D eigenvalue weighted by atomic mass is 32.2. The zero-order valence-corrected chi connectivity index (χ0v) is 20.4. The Morgan fingerprint density at radius 3 is 2.59 bits per heavy atom. The Labute approximate surface area is 204 Å². The van der Waals surface area contributed by atoms with Gasteiger partial charge in [0.05, 0.1) is 11.1 Å². The minimum absolute atomic E-state index is 0.0914. The summed E-state index contributed by atoms with van der Waals surface area (Å²) in [5.74, 6) is 0.422. The van der Waals surface area contributed by atoms with E-state index in [1.807, 2.05) is 55.6 Å². The van der Waals surface area contributed by atoms with E-state index >= 15 is 0 Å². The molecule has 0 atom stereocenters. The molecular weight excluding hydrogens is 464 g/mol. The van der Waals surface area contributed by atoms with Crippen LogP contribution in [0.4, 0.5) is 0 Å². The van der Waals surface area contributed by atoms with E-state index < -0.39 is 0 Å². The SMILES string of the molecule is C=CCn1c(SCc2cc(=O)n3cc(C)ccc3n2)nc2scc(-c3ccc(C)cc3)c2c1=O. The highest BCUT2D eigenvalue weighted by molar-refractivity contribution is 7.98. The lowest BCUT2D eigenvalue weighted by molar-refractivity contribution is 0.673. The molecule has 0 aliphatic heterocycles. The molecule has 6 nitrogen and oxygen atoms in total. The van der Waals surface area contributed by atoms with Gasteiger partial charge in [0.15, 0.2) is 5.16 Å². The molecule has 0 aliphatic rings. The maximum atomic E-state index is 13.5. The lowest BCUT2D eigenvalue weighted by atomic mass is 10.1. The van der Waals surface area contributed by atoms with Crippen molar-refractivity contribution in [3.63, 3.8) is 0 Å². The Bertz CT molecular complexity index is 1660. The minimum atomic E-state index is -0.128. The van der Waals surface area contributed by atoms with Gasteiger partial charge in [0, 0.05) is 35.5 Å². The highest BCUT2D eigenvalue weighted by Gasteiger charge is 2.17. The maximum absolute atomic E-state index is 13.5.